The quantitative estimate of drug-likeness (QED) is 0.400. The standard InChI is InChI=1S/C21H23BrN4O3/c1-15(17-4-8-20(9-5-17)26(28)29)23-24-21(27)18-10-12-25(13-11-18)14-16-2-6-19(22)7-3-16/h2-9,18H,10-14H2,1H3,(H,24,27). The van der Waals surface area contributed by atoms with Crippen LogP contribution in [0.2, 0.25) is 0 Å². The third kappa shape index (κ3) is 5.95. The Morgan fingerprint density at radius 2 is 1.79 bits per heavy atom. The lowest BCUT2D eigenvalue weighted by atomic mass is 9.96. The van der Waals surface area contributed by atoms with Crippen LogP contribution in [0.4, 0.5) is 5.69 Å². The SMILES string of the molecule is CC(=NNC(=O)C1CCN(Cc2ccc(Br)cc2)CC1)c1ccc([N+](=O)[O-])cc1. The number of amides is 1. The van der Waals surface area contributed by atoms with Gasteiger partial charge in [0.2, 0.25) is 5.91 Å². The molecule has 3 rings (SSSR count). The van der Waals surface area contributed by atoms with Crippen LogP contribution < -0.4 is 5.43 Å². The first-order chi connectivity index (χ1) is 13.9. The Kier molecular flexibility index (Phi) is 7.11. The molecule has 29 heavy (non-hydrogen) atoms. The number of hydrogen-bond acceptors (Lipinski definition) is 5. The zero-order valence-electron chi connectivity index (χ0n) is 16.2. The largest absolute Gasteiger partial charge is 0.299 e. The number of hydrogen-bond donors (Lipinski definition) is 1. The van der Waals surface area contributed by atoms with Gasteiger partial charge in [0.05, 0.1) is 10.6 Å². The van der Waals surface area contributed by atoms with E-state index in [4.69, 9.17) is 0 Å². The molecule has 2 aromatic rings. The molecular formula is C21H23BrN4O3. The summed E-state index contributed by atoms with van der Waals surface area (Å²) in [5.41, 5.74) is 5.29. The van der Waals surface area contributed by atoms with Crippen LogP contribution in [0.15, 0.2) is 58.1 Å². The van der Waals surface area contributed by atoms with E-state index in [1.54, 1.807) is 19.1 Å². The van der Waals surface area contributed by atoms with Crippen molar-refractivity contribution in [1.29, 1.82) is 0 Å². The lowest BCUT2D eigenvalue weighted by Crippen LogP contribution is -2.39. The topological polar surface area (TPSA) is 87.8 Å². The van der Waals surface area contributed by atoms with Gasteiger partial charge in [0, 0.05) is 29.1 Å². The molecule has 7 nitrogen and oxygen atoms in total. The van der Waals surface area contributed by atoms with Crippen LogP contribution in [-0.4, -0.2) is 34.5 Å². The fourth-order valence-electron chi connectivity index (χ4n) is 3.32. The van der Waals surface area contributed by atoms with E-state index >= 15 is 0 Å². The number of likely N-dealkylation sites (tertiary alicyclic amines) is 1. The number of nitrogens with one attached hydrogen (secondary N) is 1. The maximum atomic E-state index is 12.4. The third-order valence-corrected chi connectivity index (χ3v) is 5.64. The van der Waals surface area contributed by atoms with Gasteiger partial charge >= 0.3 is 0 Å². The van der Waals surface area contributed by atoms with Crippen molar-refractivity contribution >= 4 is 33.2 Å². The Balaban J connectivity index is 1.48. The van der Waals surface area contributed by atoms with E-state index in [0.29, 0.717) is 5.71 Å². The van der Waals surface area contributed by atoms with E-state index in [0.717, 1.165) is 42.5 Å². The molecule has 0 spiro atoms. The van der Waals surface area contributed by atoms with E-state index in [2.05, 4.69) is 43.5 Å². The van der Waals surface area contributed by atoms with Crippen molar-refractivity contribution in [3.8, 4) is 0 Å². The van der Waals surface area contributed by atoms with E-state index < -0.39 is 4.92 Å². The van der Waals surface area contributed by atoms with Crippen LogP contribution in [0, 0.1) is 16.0 Å². The Bertz CT molecular complexity index is 889. The first kappa shape index (κ1) is 21.1. The number of hydrazone groups is 1. The molecule has 1 saturated heterocycles. The molecule has 1 heterocycles. The van der Waals surface area contributed by atoms with Gasteiger partial charge < -0.3 is 0 Å². The zero-order chi connectivity index (χ0) is 20.8. The second kappa shape index (κ2) is 9.76. The first-order valence-electron chi connectivity index (χ1n) is 9.48. The summed E-state index contributed by atoms with van der Waals surface area (Å²) in [5, 5.41) is 14.9. The molecule has 1 fully saturated rings. The highest BCUT2D eigenvalue weighted by molar-refractivity contribution is 9.10. The predicted octanol–water partition coefficient (Wildman–Crippen LogP) is 4.11. The van der Waals surface area contributed by atoms with Gasteiger partial charge in [-0.25, -0.2) is 5.43 Å². The van der Waals surface area contributed by atoms with Crippen LogP contribution >= 0.6 is 15.9 Å². The minimum absolute atomic E-state index is 0.0282. The number of halogens is 1. The van der Waals surface area contributed by atoms with Crippen molar-refractivity contribution < 1.29 is 9.72 Å². The van der Waals surface area contributed by atoms with Crippen molar-refractivity contribution in [3.05, 3.63) is 74.2 Å². The molecule has 0 bridgehead atoms. The predicted molar refractivity (Wildman–Crippen MR) is 116 cm³/mol. The molecule has 0 saturated carbocycles. The average Bonchev–Trinajstić information content (AvgIpc) is 2.74. The second-order valence-corrected chi connectivity index (χ2v) is 8.07. The van der Waals surface area contributed by atoms with Gasteiger partial charge in [-0.2, -0.15) is 5.10 Å². The highest BCUT2D eigenvalue weighted by atomic mass is 79.9. The van der Waals surface area contributed by atoms with E-state index in [-0.39, 0.29) is 17.5 Å². The highest BCUT2D eigenvalue weighted by Gasteiger charge is 2.24. The number of nitro benzene ring substituents is 1. The lowest BCUT2D eigenvalue weighted by molar-refractivity contribution is -0.384. The average molecular weight is 459 g/mol. The number of nitro groups is 1. The summed E-state index contributed by atoms with van der Waals surface area (Å²) < 4.78 is 1.07. The van der Waals surface area contributed by atoms with Crippen molar-refractivity contribution in [2.45, 2.75) is 26.3 Å². The molecule has 0 unspecified atom stereocenters. The highest BCUT2D eigenvalue weighted by Crippen LogP contribution is 2.20. The number of piperidine rings is 1. The summed E-state index contributed by atoms with van der Waals surface area (Å²) in [7, 11) is 0. The number of rotatable bonds is 6. The van der Waals surface area contributed by atoms with Gasteiger partial charge in [-0.3, -0.25) is 19.8 Å². The van der Waals surface area contributed by atoms with Gasteiger partial charge in [-0.05, 0) is 68.2 Å². The molecule has 8 heteroatoms. The summed E-state index contributed by atoms with van der Waals surface area (Å²) in [6, 6.07) is 14.4. The molecule has 0 aliphatic carbocycles. The molecule has 1 aliphatic rings. The summed E-state index contributed by atoms with van der Waals surface area (Å²) in [6.07, 6.45) is 1.60. The van der Waals surface area contributed by atoms with Gasteiger partial charge in [0.15, 0.2) is 0 Å². The fourth-order valence-corrected chi connectivity index (χ4v) is 3.58. The summed E-state index contributed by atoms with van der Waals surface area (Å²) >= 11 is 3.45. The van der Waals surface area contributed by atoms with Crippen LogP contribution in [0.3, 0.4) is 0 Å². The van der Waals surface area contributed by atoms with Gasteiger partial charge in [-0.15, -0.1) is 0 Å². The van der Waals surface area contributed by atoms with Crippen molar-refractivity contribution in [2.24, 2.45) is 11.0 Å². The summed E-state index contributed by atoms with van der Waals surface area (Å²) in [4.78, 5) is 25.1. The van der Waals surface area contributed by atoms with E-state index in [1.807, 2.05) is 12.1 Å². The van der Waals surface area contributed by atoms with Crippen molar-refractivity contribution in [2.75, 3.05) is 13.1 Å². The number of carbonyl (C=O) groups excluding carboxylic acids is 1. The number of benzene rings is 2. The number of non-ortho nitro benzene ring substituents is 1. The lowest BCUT2D eigenvalue weighted by Gasteiger charge is -2.30. The Labute approximate surface area is 178 Å². The number of carbonyl (C=O) groups is 1. The molecule has 2 aromatic carbocycles. The monoisotopic (exact) mass is 458 g/mol. The molecule has 1 aliphatic heterocycles. The summed E-state index contributed by atoms with van der Waals surface area (Å²) in [5.74, 6) is -0.126. The molecule has 0 atom stereocenters. The Morgan fingerprint density at radius 1 is 1.17 bits per heavy atom. The smallest absolute Gasteiger partial charge is 0.269 e. The maximum absolute atomic E-state index is 12.4. The zero-order valence-corrected chi connectivity index (χ0v) is 17.8. The van der Waals surface area contributed by atoms with Gasteiger partial charge in [0.25, 0.3) is 5.69 Å². The molecule has 1 amide bonds. The van der Waals surface area contributed by atoms with Gasteiger partial charge in [0.1, 0.15) is 0 Å². The first-order valence-corrected chi connectivity index (χ1v) is 10.3. The Morgan fingerprint density at radius 3 is 2.38 bits per heavy atom. The van der Waals surface area contributed by atoms with E-state index in [1.165, 1.54) is 17.7 Å². The van der Waals surface area contributed by atoms with E-state index in [9.17, 15) is 14.9 Å². The maximum Gasteiger partial charge on any atom is 0.269 e. The second-order valence-electron chi connectivity index (χ2n) is 7.15. The van der Waals surface area contributed by atoms with Crippen LogP contribution in [-0.2, 0) is 11.3 Å². The fraction of sp³-hybridized carbons (Fsp3) is 0.333. The summed E-state index contributed by atoms with van der Waals surface area (Å²) in [6.45, 7) is 4.40. The third-order valence-electron chi connectivity index (χ3n) is 5.11. The molecule has 0 radical (unpaired) electrons. The molecule has 152 valence electrons. The number of nitrogens with zero attached hydrogens (tertiary/aromatic N) is 3. The molecule has 0 aromatic heterocycles. The van der Waals surface area contributed by atoms with Gasteiger partial charge in [-0.1, -0.05) is 28.1 Å². The van der Waals surface area contributed by atoms with Crippen molar-refractivity contribution in [1.82, 2.24) is 10.3 Å². The molecular weight excluding hydrogens is 436 g/mol. The van der Waals surface area contributed by atoms with Crippen LogP contribution in [0.1, 0.15) is 30.9 Å². The minimum atomic E-state index is -0.443. The Hall–Kier alpha value is -2.58. The van der Waals surface area contributed by atoms with Crippen LogP contribution in [0.5, 0.6) is 0 Å². The normalized spacial score (nSPS) is 15.9. The molecule has 1 N–H and O–H groups in total. The van der Waals surface area contributed by atoms with Crippen LogP contribution in [0.25, 0.3) is 0 Å². The van der Waals surface area contributed by atoms with Crippen molar-refractivity contribution in [3.63, 3.8) is 0 Å². The minimum Gasteiger partial charge on any atom is -0.299 e.